The van der Waals surface area contributed by atoms with E-state index in [0.29, 0.717) is 23.0 Å². The van der Waals surface area contributed by atoms with Crippen LogP contribution >= 0.6 is 0 Å². The van der Waals surface area contributed by atoms with Gasteiger partial charge in [-0.2, -0.15) is 5.26 Å². The van der Waals surface area contributed by atoms with Crippen molar-refractivity contribution in [3.05, 3.63) is 53.6 Å². The molecule has 2 aromatic rings. The first-order chi connectivity index (χ1) is 11.7. The van der Waals surface area contributed by atoms with E-state index in [4.69, 9.17) is 18.9 Å². The van der Waals surface area contributed by atoms with Crippen molar-refractivity contribution in [2.45, 2.75) is 0 Å². The molecule has 0 saturated carbocycles. The van der Waals surface area contributed by atoms with E-state index in [1.807, 2.05) is 24.3 Å². The molecule has 0 aliphatic rings. The van der Waals surface area contributed by atoms with Crippen molar-refractivity contribution in [3.63, 3.8) is 0 Å². The minimum absolute atomic E-state index is 0.591. The van der Waals surface area contributed by atoms with E-state index in [2.05, 4.69) is 6.07 Å². The van der Waals surface area contributed by atoms with Crippen LogP contribution in [-0.2, 0) is 0 Å². The normalized spacial score (nSPS) is 10.7. The van der Waals surface area contributed by atoms with Crippen LogP contribution < -0.4 is 18.9 Å². The number of rotatable bonds is 6. The van der Waals surface area contributed by atoms with Gasteiger partial charge in [-0.3, -0.25) is 0 Å². The Bertz CT molecular complexity index is 768. The first-order valence-corrected chi connectivity index (χ1v) is 7.22. The van der Waals surface area contributed by atoms with Gasteiger partial charge in [-0.15, -0.1) is 0 Å². The highest BCUT2D eigenvalue weighted by Gasteiger charge is 2.12. The smallest absolute Gasteiger partial charge is 0.161 e. The van der Waals surface area contributed by atoms with Crippen LogP contribution in [0.5, 0.6) is 23.0 Å². The molecule has 0 aliphatic heterocycles. The molecule has 0 amide bonds. The average molecular weight is 325 g/mol. The number of methoxy groups -OCH3 is 4. The summed E-state index contributed by atoms with van der Waals surface area (Å²) in [6, 6.07) is 13.1. The van der Waals surface area contributed by atoms with E-state index in [-0.39, 0.29) is 0 Å². The topological polar surface area (TPSA) is 60.7 Å². The number of nitriles is 1. The maximum atomic E-state index is 9.19. The van der Waals surface area contributed by atoms with E-state index in [0.717, 1.165) is 16.7 Å². The van der Waals surface area contributed by atoms with E-state index in [1.54, 1.807) is 40.6 Å². The van der Waals surface area contributed by atoms with Gasteiger partial charge in [0.15, 0.2) is 11.5 Å². The van der Waals surface area contributed by atoms with Gasteiger partial charge in [0, 0.05) is 12.1 Å². The highest BCUT2D eigenvalue weighted by Crippen LogP contribution is 2.35. The van der Waals surface area contributed by atoms with Crippen LogP contribution in [-0.4, -0.2) is 28.4 Å². The molecule has 0 N–H and O–H groups in total. The Morgan fingerprint density at radius 1 is 0.792 bits per heavy atom. The van der Waals surface area contributed by atoms with Crippen molar-refractivity contribution in [2.75, 3.05) is 28.4 Å². The Kier molecular flexibility index (Phi) is 5.69. The number of benzene rings is 2. The average Bonchev–Trinajstić information content (AvgIpc) is 2.64. The largest absolute Gasteiger partial charge is 0.497 e. The van der Waals surface area contributed by atoms with Crippen LogP contribution in [0.15, 0.2) is 42.5 Å². The van der Waals surface area contributed by atoms with Gasteiger partial charge in [-0.25, -0.2) is 0 Å². The monoisotopic (exact) mass is 325 g/mol. The second-order valence-corrected chi connectivity index (χ2v) is 4.86. The van der Waals surface area contributed by atoms with Gasteiger partial charge in [0.25, 0.3) is 0 Å². The highest BCUT2D eigenvalue weighted by atomic mass is 16.5. The summed E-state index contributed by atoms with van der Waals surface area (Å²) in [6.07, 6.45) is 1.48. The van der Waals surface area contributed by atoms with Gasteiger partial charge in [-0.05, 0) is 41.0 Å². The molecule has 5 heteroatoms. The predicted molar refractivity (Wildman–Crippen MR) is 91.8 cm³/mol. The third-order valence-corrected chi connectivity index (χ3v) is 3.57. The van der Waals surface area contributed by atoms with Gasteiger partial charge in [-0.1, -0.05) is 6.07 Å². The Balaban J connectivity index is 2.60. The van der Waals surface area contributed by atoms with Crippen molar-refractivity contribution in [1.82, 2.24) is 0 Å². The van der Waals surface area contributed by atoms with E-state index < -0.39 is 0 Å². The molecule has 0 unspecified atom stereocenters. The molecule has 0 fully saturated rings. The SMILES string of the molecule is COc1cc(OC)cc(/C(=C/C#N)c2ccc(OC)c(OC)c2)c1. The Labute approximate surface area is 141 Å². The van der Waals surface area contributed by atoms with Crippen LogP contribution in [0.2, 0.25) is 0 Å². The molecule has 2 rings (SSSR count). The van der Waals surface area contributed by atoms with Gasteiger partial charge in [0.1, 0.15) is 11.5 Å². The molecule has 0 aliphatic carbocycles. The molecule has 0 bridgehead atoms. The lowest BCUT2D eigenvalue weighted by atomic mass is 9.96. The Morgan fingerprint density at radius 3 is 1.92 bits per heavy atom. The van der Waals surface area contributed by atoms with Gasteiger partial charge in [0.05, 0.1) is 34.5 Å². The lowest BCUT2D eigenvalue weighted by Crippen LogP contribution is -1.95. The van der Waals surface area contributed by atoms with Crippen molar-refractivity contribution >= 4 is 5.57 Å². The quantitative estimate of drug-likeness (QED) is 0.758. The summed E-state index contributed by atoms with van der Waals surface area (Å²) in [5, 5.41) is 9.19. The molecule has 5 nitrogen and oxygen atoms in total. The summed E-state index contributed by atoms with van der Waals surface area (Å²) >= 11 is 0. The number of hydrogen-bond acceptors (Lipinski definition) is 5. The van der Waals surface area contributed by atoms with Crippen LogP contribution in [0.4, 0.5) is 0 Å². The second-order valence-electron chi connectivity index (χ2n) is 4.86. The molecular formula is C19H19NO4. The van der Waals surface area contributed by atoms with Crippen molar-refractivity contribution in [2.24, 2.45) is 0 Å². The highest BCUT2D eigenvalue weighted by molar-refractivity contribution is 5.83. The molecule has 0 spiro atoms. The van der Waals surface area contributed by atoms with Crippen LogP contribution in [0, 0.1) is 11.3 Å². The molecule has 2 aromatic carbocycles. The summed E-state index contributed by atoms with van der Waals surface area (Å²) in [5.41, 5.74) is 2.36. The molecule has 0 atom stereocenters. The molecule has 0 aromatic heterocycles. The number of ether oxygens (including phenoxy) is 4. The van der Waals surface area contributed by atoms with E-state index in [9.17, 15) is 5.26 Å². The molecule has 0 heterocycles. The summed E-state index contributed by atoms with van der Waals surface area (Å²) in [6.45, 7) is 0. The first kappa shape index (κ1) is 17.2. The fraction of sp³-hybridized carbons (Fsp3) is 0.211. The molecule has 24 heavy (non-hydrogen) atoms. The first-order valence-electron chi connectivity index (χ1n) is 7.22. The van der Waals surface area contributed by atoms with E-state index in [1.165, 1.54) is 6.08 Å². The predicted octanol–water partition coefficient (Wildman–Crippen LogP) is 3.68. The Morgan fingerprint density at radius 2 is 1.42 bits per heavy atom. The fourth-order valence-corrected chi connectivity index (χ4v) is 2.36. The summed E-state index contributed by atoms with van der Waals surface area (Å²) in [5.74, 6) is 2.51. The third-order valence-electron chi connectivity index (χ3n) is 3.57. The lowest BCUT2D eigenvalue weighted by Gasteiger charge is -2.14. The zero-order valence-electron chi connectivity index (χ0n) is 14.1. The minimum Gasteiger partial charge on any atom is -0.497 e. The molecule has 0 saturated heterocycles. The zero-order chi connectivity index (χ0) is 17.5. The zero-order valence-corrected chi connectivity index (χ0v) is 14.1. The van der Waals surface area contributed by atoms with Crippen LogP contribution in [0.3, 0.4) is 0 Å². The molecule has 124 valence electrons. The summed E-state index contributed by atoms with van der Waals surface area (Å²) in [7, 11) is 6.33. The lowest BCUT2D eigenvalue weighted by molar-refractivity contribution is 0.355. The van der Waals surface area contributed by atoms with E-state index >= 15 is 0 Å². The standard InChI is InChI=1S/C19H19NO4/c1-21-15-9-14(10-16(12-15)22-2)17(7-8-20)13-5-6-18(23-3)19(11-13)24-4/h5-7,9-12H,1-4H3/b17-7+. The second kappa shape index (κ2) is 7.93. The van der Waals surface area contributed by atoms with Gasteiger partial charge < -0.3 is 18.9 Å². The minimum atomic E-state index is 0.591. The molecular weight excluding hydrogens is 306 g/mol. The fourth-order valence-electron chi connectivity index (χ4n) is 2.36. The number of nitrogens with zero attached hydrogens (tertiary/aromatic N) is 1. The van der Waals surface area contributed by atoms with Crippen molar-refractivity contribution < 1.29 is 18.9 Å². The maximum Gasteiger partial charge on any atom is 0.161 e. The maximum absolute atomic E-state index is 9.19. The van der Waals surface area contributed by atoms with Gasteiger partial charge >= 0.3 is 0 Å². The van der Waals surface area contributed by atoms with Crippen molar-refractivity contribution in [1.29, 1.82) is 5.26 Å². The van der Waals surface area contributed by atoms with Crippen LogP contribution in [0.1, 0.15) is 11.1 Å². The Hall–Kier alpha value is -3.13. The number of hydrogen-bond donors (Lipinski definition) is 0. The summed E-state index contributed by atoms with van der Waals surface area (Å²) < 4.78 is 21.2. The summed E-state index contributed by atoms with van der Waals surface area (Å²) in [4.78, 5) is 0. The van der Waals surface area contributed by atoms with Crippen molar-refractivity contribution in [3.8, 4) is 29.1 Å². The van der Waals surface area contributed by atoms with Crippen LogP contribution in [0.25, 0.3) is 5.57 Å². The van der Waals surface area contributed by atoms with Gasteiger partial charge in [0.2, 0.25) is 0 Å². The molecule has 0 radical (unpaired) electrons. The number of allylic oxidation sites excluding steroid dienone is 1. The third kappa shape index (κ3) is 3.61.